The van der Waals surface area contributed by atoms with Crippen LogP contribution >= 0.6 is 0 Å². The number of nitrogens with zero attached hydrogens (tertiary/aromatic N) is 1. The summed E-state index contributed by atoms with van der Waals surface area (Å²) in [6.45, 7) is 5.11. The van der Waals surface area contributed by atoms with Gasteiger partial charge in [-0.15, -0.1) is 0 Å². The predicted octanol–water partition coefficient (Wildman–Crippen LogP) is 2.85. The van der Waals surface area contributed by atoms with E-state index >= 15 is 0 Å². The Bertz CT molecular complexity index is 245. The number of hydrogen-bond donors (Lipinski definition) is 1. The highest BCUT2D eigenvalue weighted by Crippen LogP contribution is 2.18. The van der Waals surface area contributed by atoms with Crippen LogP contribution in [-0.2, 0) is 0 Å². The molecule has 1 saturated heterocycles. The average Bonchev–Trinajstić information content (AvgIpc) is 2.17. The van der Waals surface area contributed by atoms with Gasteiger partial charge in [0.25, 0.3) is 0 Å². The van der Waals surface area contributed by atoms with Gasteiger partial charge in [-0.2, -0.15) is 0 Å². The minimum Gasteiger partial charge on any atom is -0.418 e. The summed E-state index contributed by atoms with van der Waals surface area (Å²) in [6.07, 6.45) is 2.85. The molecule has 0 aromatic carbocycles. The van der Waals surface area contributed by atoms with Gasteiger partial charge in [0.05, 0.1) is 48.3 Å². The Balaban J connectivity index is -0.000000249. The number of rotatable bonds is 0. The maximum Gasteiger partial charge on any atom is 0.673 e. The highest BCUT2D eigenvalue weighted by Gasteiger charge is 2.22. The molecule has 0 spiro atoms. The van der Waals surface area contributed by atoms with Crippen LogP contribution in [0.4, 0.5) is 34.5 Å². The normalized spacial score (nSPS) is 17.9. The van der Waals surface area contributed by atoms with Crippen molar-refractivity contribution in [3.05, 3.63) is 0 Å². The molecule has 1 N–H and O–H groups in total. The van der Waals surface area contributed by atoms with Crippen molar-refractivity contribution < 1.29 is 43.9 Å². The molecule has 0 aliphatic carbocycles. The molecule has 1 rings (SSSR count). The zero-order valence-electron chi connectivity index (χ0n) is 14.5. The number of hydrogen-bond acceptors (Lipinski definition) is 0. The van der Waals surface area contributed by atoms with Crippen molar-refractivity contribution >= 4 is 14.5 Å². The van der Waals surface area contributed by atoms with Gasteiger partial charge in [0, 0.05) is 0 Å². The van der Waals surface area contributed by atoms with Gasteiger partial charge in [0.2, 0.25) is 0 Å². The van der Waals surface area contributed by atoms with Crippen LogP contribution in [0.5, 0.6) is 0 Å². The molecule has 0 saturated carbocycles. The first kappa shape index (κ1) is 27.3. The highest BCUT2D eigenvalue weighted by molar-refractivity contribution is 6.50. The number of piperidine rings is 1. The standard InChI is InChI=1S/C8H18N.C3H9N.2BF4/c1-8-4-6-9(2,3)7-5-8;1-4(2)3;2*2-1(3,4)5/h8H,4-7H2,1-3H3;1-3H3;;/q+1;;2*-1/p+1. The van der Waals surface area contributed by atoms with E-state index in [4.69, 9.17) is 0 Å². The summed E-state index contributed by atoms with van der Waals surface area (Å²) < 4.78 is 79.2. The van der Waals surface area contributed by atoms with Gasteiger partial charge < -0.3 is 43.9 Å². The smallest absolute Gasteiger partial charge is 0.418 e. The van der Waals surface area contributed by atoms with Crippen LogP contribution in [0.15, 0.2) is 0 Å². The van der Waals surface area contributed by atoms with Crippen LogP contribution in [0.1, 0.15) is 19.8 Å². The van der Waals surface area contributed by atoms with Crippen LogP contribution in [0.2, 0.25) is 0 Å². The number of nitrogens with one attached hydrogen (secondary N) is 1. The Morgan fingerprint density at radius 1 is 0.739 bits per heavy atom. The molecular weight excluding hydrogens is 334 g/mol. The fourth-order valence-electron chi connectivity index (χ4n) is 1.40. The zero-order valence-corrected chi connectivity index (χ0v) is 14.5. The molecule has 0 aromatic heterocycles. The summed E-state index contributed by atoms with van der Waals surface area (Å²) in [7, 11) is -1.10. The van der Waals surface area contributed by atoms with Crippen molar-refractivity contribution in [1.29, 1.82) is 0 Å². The maximum absolute atomic E-state index is 9.75. The third kappa shape index (κ3) is 61.8. The summed E-state index contributed by atoms with van der Waals surface area (Å²) in [6, 6.07) is 0. The van der Waals surface area contributed by atoms with Gasteiger partial charge in [-0.05, 0) is 18.8 Å². The summed E-state index contributed by atoms with van der Waals surface area (Å²) in [5, 5.41) is 0. The molecule has 0 radical (unpaired) electrons. The molecule has 1 aliphatic rings. The molecule has 1 fully saturated rings. The fraction of sp³-hybridized carbons (Fsp3) is 1.00. The summed E-state index contributed by atoms with van der Waals surface area (Å²) in [5.74, 6) is 0.983. The molecule has 23 heavy (non-hydrogen) atoms. The van der Waals surface area contributed by atoms with Crippen molar-refractivity contribution in [2.24, 2.45) is 5.92 Å². The minimum atomic E-state index is -6.00. The molecule has 1 aliphatic heterocycles. The lowest BCUT2D eigenvalue weighted by Crippen LogP contribution is -3.02. The Morgan fingerprint density at radius 3 is 1.04 bits per heavy atom. The molecule has 0 atom stereocenters. The van der Waals surface area contributed by atoms with Gasteiger partial charge in [0.15, 0.2) is 0 Å². The third-order valence-electron chi connectivity index (χ3n) is 2.45. The second-order valence-corrected chi connectivity index (χ2v) is 6.56. The second kappa shape index (κ2) is 11.9. The molecule has 0 unspecified atom stereocenters. The lowest BCUT2D eigenvalue weighted by Gasteiger charge is -2.35. The zero-order chi connectivity index (χ0) is 19.5. The van der Waals surface area contributed by atoms with Crippen LogP contribution in [0.3, 0.4) is 0 Å². The van der Waals surface area contributed by atoms with E-state index in [2.05, 4.69) is 42.2 Å². The minimum absolute atomic E-state index is 0.983. The molecule has 144 valence electrons. The lowest BCUT2D eigenvalue weighted by molar-refractivity contribution is -0.896. The van der Waals surface area contributed by atoms with E-state index in [1.807, 2.05) is 0 Å². The van der Waals surface area contributed by atoms with E-state index in [1.165, 1.54) is 35.3 Å². The van der Waals surface area contributed by atoms with Crippen LogP contribution in [-0.4, -0.2) is 67.3 Å². The van der Waals surface area contributed by atoms with Crippen molar-refractivity contribution in [2.75, 3.05) is 48.3 Å². The van der Waals surface area contributed by atoms with E-state index in [0.29, 0.717) is 0 Å². The summed E-state index contributed by atoms with van der Waals surface area (Å²) in [5.41, 5.74) is 0. The Labute approximate surface area is 133 Å². The molecule has 0 amide bonds. The van der Waals surface area contributed by atoms with E-state index in [-0.39, 0.29) is 0 Å². The highest BCUT2D eigenvalue weighted by atomic mass is 19.5. The number of halogens is 8. The van der Waals surface area contributed by atoms with E-state index < -0.39 is 14.5 Å². The molecule has 1 heterocycles. The van der Waals surface area contributed by atoms with Crippen LogP contribution in [0, 0.1) is 5.92 Å². The van der Waals surface area contributed by atoms with Gasteiger partial charge in [-0.25, -0.2) is 0 Å². The Kier molecular flexibility index (Phi) is 14.2. The van der Waals surface area contributed by atoms with Crippen molar-refractivity contribution in [2.45, 2.75) is 19.8 Å². The van der Waals surface area contributed by atoms with E-state index in [1.54, 1.807) is 0 Å². The molecule has 0 aromatic rings. The van der Waals surface area contributed by atoms with E-state index in [9.17, 15) is 34.5 Å². The second-order valence-electron chi connectivity index (χ2n) is 6.56. The summed E-state index contributed by atoms with van der Waals surface area (Å²) >= 11 is 0. The largest absolute Gasteiger partial charge is 0.673 e. The lowest BCUT2D eigenvalue weighted by atomic mass is 9.98. The van der Waals surface area contributed by atoms with Gasteiger partial charge in [0.1, 0.15) is 0 Å². The quantitative estimate of drug-likeness (QED) is 0.384. The third-order valence-corrected chi connectivity index (χ3v) is 2.45. The molecule has 0 bridgehead atoms. The first-order chi connectivity index (χ1) is 9.83. The average molecular weight is 362 g/mol. The Hall–Kier alpha value is -0.510. The monoisotopic (exact) mass is 362 g/mol. The van der Waals surface area contributed by atoms with Crippen LogP contribution < -0.4 is 4.90 Å². The maximum atomic E-state index is 9.75. The van der Waals surface area contributed by atoms with Crippen molar-refractivity contribution in [1.82, 2.24) is 0 Å². The Morgan fingerprint density at radius 2 is 0.913 bits per heavy atom. The molecule has 2 nitrogen and oxygen atoms in total. The fourth-order valence-corrected chi connectivity index (χ4v) is 1.40. The van der Waals surface area contributed by atoms with E-state index in [0.717, 1.165) is 5.92 Å². The molecular formula is C11H28B2F8N2. The first-order valence-corrected chi connectivity index (χ1v) is 7.17. The van der Waals surface area contributed by atoms with Gasteiger partial charge in [-0.3, -0.25) is 0 Å². The SMILES string of the molecule is CC1CC[N+](C)(C)CC1.C[NH+](C)C.F[B-](F)(F)F.F[B-](F)(F)F. The molecule has 12 heteroatoms. The van der Waals surface area contributed by atoms with Gasteiger partial charge >= 0.3 is 14.5 Å². The van der Waals surface area contributed by atoms with Crippen LogP contribution in [0.25, 0.3) is 0 Å². The van der Waals surface area contributed by atoms with Crippen molar-refractivity contribution in [3.8, 4) is 0 Å². The van der Waals surface area contributed by atoms with Crippen molar-refractivity contribution in [3.63, 3.8) is 0 Å². The summed E-state index contributed by atoms with van der Waals surface area (Å²) in [4.78, 5) is 1.42. The topological polar surface area (TPSA) is 4.44 Å². The predicted molar refractivity (Wildman–Crippen MR) is 79.3 cm³/mol. The number of quaternary nitrogens is 2. The van der Waals surface area contributed by atoms with Gasteiger partial charge in [-0.1, -0.05) is 6.92 Å². The number of likely N-dealkylation sites (tertiary alicyclic amines) is 1. The first-order valence-electron chi connectivity index (χ1n) is 7.17.